The SMILES string of the molecule is CCCCCCCCCCCCCCCCCCCCCCCC(N)N. The van der Waals surface area contributed by atoms with Gasteiger partial charge >= 0.3 is 0 Å². The molecule has 2 nitrogen and oxygen atoms in total. The van der Waals surface area contributed by atoms with Crippen molar-refractivity contribution in [2.45, 2.75) is 154 Å². The summed E-state index contributed by atoms with van der Waals surface area (Å²) in [5, 5.41) is 0. The molecular weight excluding hydrogens is 316 g/mol. The van der Waals surface area contributed by atoms with Gasteiger partial charge in [0.05, 0.1) is 6.17 Å². The number of nitrogens with two attached hydrogens (primary N) is 2. The minimum absolute atomic E-state index is 0.102. The lowest BCUT2D eigenvalue weighted by molar-refractivity contribution is 0.513. The van der Waals surface area contributed by atoms with E-state index in [4.69, 9.17) is 11.5 Å². The van der Waals surface area contributed by atoms with Crippen LogP contribution in [0.5, 0.6) is 0 Å². The lowest BCUT2D eigenvalue weighted by Crippen LogP contribution is -2.29. The molecule has 0 saturated heterocycles. The molecule has 0 aliphatic heterocycles. The molecule has 0 aromatic carbocycles. The Bertz CT molecular complexity index is 240. The maximum absolute atomic E-state index is 5.56. The molecule has 0 aliphatic rings. The van der Waals surface area contributed by atoms with Crippen molar-refractivity contribution in [1.82, 2.24) is 0 Å². The first-order valence-electron chi connectivity index (χ1n) is 12.3. The van der Waals surface area contributed by atoms with Gasteiger partial charge in [0, 0.05) is 0 Å². The van der Waals surface area contributed by atoms with Crippen LogP contribution in [0.1, 0.15) is 148 Å². The fraction of sp³-hybridized carbons (Fsp3) is 1.00. The Balaban J connectivity index is 2.97. The Kier molecular flexibility index (Phi) is 22.9. The molecule has 0 radical (unpaired) electrons. The maximum atomic E-state index is 5.56. The second kappa shape index (κ2) is 23.0. The highest BCUT2D eigenvalue weighted by atomic mass is 14.8. The largest absolute Gasteiger partial charge is 0.316 e. The number of hydrogen-bond acceptors (Lipinski definition) is 2. The van der Waals surface area contributed by atoms with Gasteiger partial charge in [-0.05, 0) is 6.42 Å². The normalized spacial score (nSPS) is 11.5. The first kappa shape index (κ1) is 25.9. The third-order valence-electron chi connectivity index (χ3n) is 5.64. The number of unbranched alkanes of at least 4 members (excludes halogenated alkanes) is 20. The lowest BCUT2D eigenvalue weighted by atomic mass is 10.0. The second-order valence-electron chi connectivity index (χ2n) is 8.52. The zero-order chi connectivity index (χ0) is 19.1. The van der Waals surface area contributed by atoms with Crippen molar-refractivity contribution in [3.8, 4) is 0 Å². The first-order valence-corrected chi connectivity index (χ1v) is 12.3. The molecular formula is C24H52N2. The van der Waals surface area contributed by atoms with Crippen molar-refractivity contribution in [2.75, 3.05) is 0 Å². The molecule has 0 bridgehead atoms. The molecule has 26 heavy (non-hydrogen) atoms. The van der Waals surface area contributed by atoms with E-state index in [-0.39, 0.29) is 6.17 Å². The molecule has 0 saturated carbocycles. The topological polar surface area (TPSA) is 52.0 Å². The van der Waals surface area contributed by atoms with Gasteiger partial charge in [0.15, 0.2) is 0 Å². The van der Waals surface area contributed by atoms with E-state index in [2.05, 4.69) is 6.92 Å². The summed E-state index contributed by atoms with van der Waals surface area (Å²) in [4.78, 5) is 0. The van der Waals surface area contributed by atoms with Gasteiger partial charge in [0.25, 0.3) is 0 Å². The van der Waals surface area contributed by atoms with Crippen LogP contribution < -0.4 is 11.5 Å². The van der Waals surface area contributed by atoms with Gasteiger partial charge in [0.2, 0.25) is 0 Å². The van der Waals surface area contributed by atoms with Crippen LogP contribution in [0.4, 0.5) is 0 Å². The number of rotatable bonds is 22. The first-order chi connectivity index (χ1) is 12.8. The molecule has 0 aromatic heterocycles. The monoisotopic (exact) mass is 368 g/mol. The third kappa shape index (κ3) is 23.9. The smallest absolute Gasteiger partial charge is 0.0520 e. The number of hydrogen-bond donors (Lipinski definition) is 2. The van der Waals surface area contributed by atoms with Crippen molar-refractivity contribution in [2.24, 2.45) is 11.5 Å². The van der Waals surface area contributed by atoms with Gasteiger partial charge in [-0.1, -0.05) is 142 Å². The van der Waals surface area contributed by atoms with E-state index in [1.54, 1.807) is 0 Å². The lowest BCUT2D eigenvalue weighted by Gasteiger charge is -2.05. The van der Waals surface area contributed by atoms with Gasteiger partial charge in [-0.2, -0.15) is 0 Å². The summed E-state index contributed by atoms with van der Waals surface area (Å²) in [6.45, 7) is 2.30. The highest BCUT2D eigenvalue weighted by Gasteiger charge is 1.96. The van der Waals surface area contributed by atoms with Crippen molar-refractivity contribution < 1.29 is 0 Å². The van der Waals surface area contributed by atoms with E-state index >= 15 is 0 Å². The van der Waals surface area contributed by atoms with Crippen molar-refractivity contribution in [3.63, 3.8) is 0 Å². The molecule has 0 fully saturated rings. The third-order valence-corrected chi connectivity index (χ3v) is 5.64. The van der Waals surface area contributed by atoms with Gasteiger partial charge < -0.3 is 11.5 Å². The molecule has 0 heterocycles. The van der Waals surface area contributed by atoms with E-state index in [0.29, 0.717) is 0 Å². The second-order valence-corrected chi connectivity index (χ2v) is 8.52. The molecule has 158 valence electrons. The highest BCUT2D eigenvalue weighted by Crippen LogP contribution is 2.15. The van der Waals surface area contributed by atoms with Crippen molar-refractivity contribution >= 4 is 0 Å². The Labute approximate surface area is 166 Å². The summed E-state index contributed by atoms with van der Waals surface area (Å²) in [6, 6.07) is 0. The predicted molar refractivity (Wildman–Crippen MR) is 119 cm³/mol. The summed E-state index contributed by atoms with van der Waals surface area (Å²) < 4.78 is 0. The summed E-state index contributed by atoms with van der Waals surface area (Å²) in [6.07, 6.45) is 30.9. The molecule has 0 unspecified atom stereocenters. The molecule has 0 rings (SSSR count). The maximum Gasteiger partial charge on any atom is 0.0520 e. The molecule has 4 N–H and O–H groups in total. The fourth-order valence-electron chi connectivity index (χ4n) is 3.81. The van der Waals surface area contributed by atoms with Crippen LogP contribution in [-0.2, 0) is 0 Å². The summed E-state index contributed by atoms with van der Waals surface area (Å²) in [5.74, 6) is 0. The van der Waals surface area contributed by atoms with Crippen LogP contribution in [0.2, 0.25) is 0 Å². The zero-order valence-electron chi connectivity index (χ0n) is 18.3. The van der Waals surface area contributed by atoms with E-state index in [0.717, 1.165) is 6.42 Å². The average Bonchev–Trinajstić information content (AvgIpc) is 2.62. The van der Waals surface area contributed by atoms with Crippen LogP contribution >= 0.6 is 0 Å². The van der Waals surface area contributed by atoms with Gasteiger partial charge in [0.1, 0.15) is 0 Å². The van der Waals surface area contributed by atoms with Gasteiger partial charge in [-0.25, -0.2) is 0 Å². The van der Waals surface area contributed by atoms with E-state index < -0.39 is 0 Å². The minimum Gasteiger partial charge on any atom is -0.316 e. The molecule has 2 heteroatoms. The van der Waals surface area contributed by atoms with Crippen LogP contribution in [0, 0.1) is 0 Å². The van der Waals surface area contributed by atoms with E-state index in [9.17, 15) is 0 Å². The Hall–Kier alpha value is -0.0800. The Morgan fingerprint density at radius 2 is 0.615 bits per heavy atom. The molecule has 0 spiro atoms. The average molecular weight is 369 g/mol. The minimum atomic E-state index is -0.102. The van der Waals surface area contributed by atoms with Crippen LogP contribution in [0.25, 0.3) is 0 Å². The van der Waals surface area contributed by atoms with Crippen LogP contribution in [-0.4, -0.2) is 6.17 Å². The van der Waals surface area contributed by atoms with E-state index in [1.165, 1.54) is 135 Å². The van der Waals surface area contributed by atoms with Crippen LogP contribution in [0.15, 0.2) is 0 Å². The van der Waals surface area contributed by atoms with Gasteiger partial charge in [-0.3, -0.25) is 0 Å². The fourth-order valence-corrected chi connectivity index (χ4v) is 3.81. The Morgan fingerprint density at radius 3 is 0.846 bits per heavy atom. The van der Waals surface area contributed by atoms with Crippen molar-refractivity contribution in [1.29, 1.82) is 0 Å². The Morgan fingerprint density at radius 1 is 0.385 bits per heavy atom. The standard InChI is InChI=1S/C24H52N2/c1-2-3-4-5-6-7-8-9-10-11-12-13-14-15-16-17-18-19-20-21-22-23-24(25)26/h24H,2-23,25-26H2,1H3. The van der Waals surface area contributed by atoms with Gasteiger partial charge in [-0.15, -0.1) is 0 Å². The summed E-state index contributed by atoms with van der Waals surface area (Å²) in [7, 11) is 0. The quantitative estimate of drug-likeness (QED) is 0.151. The predicted octanol–water partition coefficient (Wildman–Crippen LogP) is 7.83. The summed E-state index contributed by atoms with van der Waals surface area (Å²) >= 11 is 0. The van der Waals surface area contributed by atoms with Crippen molar-refractivity contribution in [3.05, 3.63) is 0 Å². The summed E-state index contributed by atoms with van der Waals surface area (Å²) in [5.41, 5.74) is 11.1. The molecule has 0 amide bonds. The molecule has 0 aromatic rings. The zero-order valence-corrected chi connectivity index (χ0v) is 18.3. The van der Waals surface area contributed by atoms with Crippen LogP contribution in [0.3, 0.4) is 0 Å². The molecule has 0 aliphatic carbocycles. The van der Waals surface area contributed by atoms with E-state index in [1.807, 2.05) is 0 Å². The highest BCUT2D eigenvalue weighted by molar-refractivity contribution is 4.53. The molecule has 0 atom stereocenters.